The Morgan fingerprint density at radius 1 is 1.24 bits per heavy atom. The maximum atomic E-state index is 12.8. The van der Waals surface area contributed by atoms with Crippen LogP contribution >= 0.6 is 0 Å². The van der Waals surface area contributed by atoms with Gasteiger partial charge in [-0.1, -0.05) is 13.8 Å². The Hall–Kier alpha value is -2.44. The van der Waals surface area contributed by atoms with Crippen LogP contribution in [-0.2, 0) is 4.79 Å². The van der Waals surface area contributed by atoms with Gasteiger partial charge in [-0.15, -0.1) is 0 Å². The molecule has 0 fully saturated rings. The number of carbonyl (C=O) groups is 2. The number of rotatable bonds is 6. The third kappa shape index (κ3) is 4.15. The molecule has 0 aliphatic rings. The van der Waals surface area contributed by atoms with Crippen molar-refractivity contribution in [3.05, 3.63) is 23.5 Å². The second-order valence-electron chi connectivity index (χ2n) is 7.00. The number of hydrogen-bond acceptors (Lipinski definition) is 4. The van der Waals surface area contributed by atoms with E-state index in [0.29, 0.717) is 23.0 Å². The van der Waals surface area contributed by atoms with E-state index >= 15 is 0 Å². The number of carbonyl (C=O) groups excluding carboxylic acids is 2. The van der Waals surface area contributed by atoms with Crippen molar-refractivity contribution in [3.8, 4) is 0 Å². The van der Waals surface area contributed by atoms with E-state index in [1.165, 1.54) is 0 Å². The SMILES string of the molecule is CNC(=O)[C@H](CC(C)C)NC(=O)c1cc(C)nc2c1cnn2C(C)C. The molecule has 0 saturated heterocycles. The standard InChI is InChI=1S/C18H27N5O2/c1-10(2)7-15(18(25)19-6)22-17(24)13-8-12(5)21-16-14(13)9-20-23(16)11(3)4/h8-11,15H,7H2,1-6H3,(H,19,25)(H,22,24)/t15-/m0/s1. The summed E-state index contributed by atoms with van der Waals surface area (Å²) in [7, 11) is 1.57. The highest BCUT2D eigenvalue weighted by molar-refractivity contribution is 6.06. The van der Waals surface area contributed by atoms with Crippen molar-refractivity contribution < 1.29 is 9.59 Å². The number of aryl methyl sites for hydroxylation is 1. The molecule has 1 atom stereocenters. The lowest BCUT2D eigenvalue weighted by Crippen LogP contribution is -2.46. The largest absolute Gasteiger partial charge is 0.357 e. The average molecular weight is 345 g/mol. The fraction of sp³-hybridized carbons (Fsp3) is 0.556. The van der Waals surface area contributed by atoms with Gasteiger partial charge in [0.1, 0.15) is 6.04 Å². The van der Waals surface area contributed by atoms with Gasteiger partial charge < -0.3 is 10.6 Å². The van der Waals surface area contributed by atoms with Gasteiger partial charge in [0.2, 0.25) is 5.91 Å². The molecule has 0 aromatic carbocycles. The minimum atomic E-state index is -0.568. The van der Waals surface area contributed by atoms with Crippen LogP contribution < -0.4 is 10.6 Å². The van der Waals surface area contributed by atoms with Gasteiger partial charge in [0, 0.05) is 18.8 Å². The van der Waals surface area contributed by atoms with Crippen molar-refractivity contribution >= 4 is 22.8 Å². The van der Waals surface area contributed by atoms with Gasteiger partial charge in [0.15, 0.2) is 5.65 Å². The fourth-order valence-electron chi connectivity index (χ4n) is 2.82. The minimum absolute atomic E-state index is 0.141. The summed E-state index contributed by atoms with van der Waals surface area (Å²) < 4.78 is 1.80. The molecule has 0 aliphatic carbocycles. The maximum absolute atomic E-state index is 12.8. The Morgan fingerprint density at radius 2 is 1.92 bits per heavy atom. The second-order valence-corrected chi connectivity index (χ2v) is 7.00. The van der Waals surface area contributed by atoms with Crippen molar-refractivity contribution in [2.75, 3.05) is 7.05 Å². The first-order chi connectivity index (χ1) is 11.7. The quantitative estimate of drug-likeness (QED) is 0.840. The molecule has 0 spiro atoms. The fourth-order valence-corrected chi connectivity index (χ4v) is 2.82. The normalized spacial score (nSPS) is 12.6. The van der Waals surface area contributed by atoms with Crippen LogP contribution in [-0.4, -0.2) is 39.7 Å². The molecule has 136 valence electrons. The number of hydrogen-bond donors (Lipinski definition) is 2. The summed E-state index contributed by atoms with van der Waals surface area (Å²) in [5.41, 5.74) is 1.91. The first kappa shape index (κ1) is 18.9. The first-order valence-corrected chi connectivity index (χ1v) is 8.61. The van der Waals surface area contributed by atoms with E-state index in [2.05, 4.69) is 20.7 Å². The lowest BCUT2D eigenvalue weighted by Gasteiger charge is -2.19. The van der Waals surface area contributed by atoms with Crippen molar-refractivity contribution in [1.82, 2.24) is 25.4 Å². The molecule has 2 aromatic heterocycles. The van der Waals surface area contributed by atoms with Gasteiger partial charge in [-0.05, 0) is 39.2 Å². The van der Waals surface area contributed by atoms with Crippen LogP contribution in [0.3, 0.4) is 0 Å². The third-order valence-electron chi connectivity index (χ3n) is 4.00. The lowest BCUT2D eigenvalue weighted by atomic mass is 10.0. The predicted octanol–water partition coefficient (Wildman–Crippen LogP) is 2.21. The Balaban J connectivity index is 2.39. The maximum Gasteiger partial charge on any atom is 0.252 e. The van der Waals surface area contributed by atoms with E-state index < -0.39 is 6.04 Å². The van der Waals surface area contributed by atoms with Crippen molar-refractivity contribution in [1.29, 1.82) is 0 Å². The van der Waals surface area contributed by atoms with Crippen molar-refractivity contribution in [2.45, 2.75) is 53.1 Å². The number of aromatic nitrogens is 3. The van der Waals surface area contributed by atoms with E-state index in [9.17, 15) is 9.59 Å². The Labute approximate surface area is 148 Å². The van der Waals surface area contributed by atoms with E-state index in [0.717, 1.165) is 5.69 Å². The molecule has 2 aromatic rings. The predicted molar refractivity (Wildman–Crippen MR) is 97.4 cm³/mol. The molecule has 0 unspecified atom stereocenters. The Kier molecular flexibility index (Phi) is 5.77. The summed E-state index contributed by atoms with van der Waals surface area (Å²) >= 11 is 0. The highest BCUT2D eigenvalue weighted by Crippen LogP contribution is 2.21. The summed E-state index contributed by atoms with van der Waals surface area (Å²) in [4.78, 5) is 29.4. The van der Waals surface area contributed by atoms with Crippen LogP contribution in [0.1, 0.15) is 56.2 Å². The van der Waals surface area contributed by atoms with Crippen LogP contribution in [0, 0.1) is 12.8 Å². The monoisotopic (exact) mass is 345 g/mol. The van der Waals surface area contributed by atoms with Gasteiger partial charge in [-0.25, -0.2) is 9.67 Å². The molecule has 2 heterocycles. The third-order valence-corrected chi connectivity index (χ3v) is 4.00. The molecule has 0 bridgehead atoms. The number of fused-ring (bicyclic) bond motifs is 1. The van der Waals surface area contributed by atoms with E-state index in [-0.39, 0.29) is 23.8 Å². The molecule has 0 aliphatic heterocycles. The summed E-state index contributed by atoms with van der Waals surface area (Å²) in [5, 5.41) is 10.5. The molecule has 0 radical (unpaired) electrons. The second kappa shape index (κ2) is 7.63. The molecule has 2 rings (SSSR count). The smallest absolute Gasteiger partial charge is 0.252 e. The van der Waals surface area contributed by atoms with Crippen molar-refractivity contribution in [3.63, 3.8) is 0 Å². The lowest BCUT2D eigenvalue weighted by molar-refractivity contribution is -0.122. The molecular weight excluding hydrogens is 318 g/mol. The summed E-state index contributed by atoms with van der Waals surface area (Å²) in [6.07, 6.45) is 2.23. The Morgan fingerprint density at radius 3 is 2.48 bits per heavy atom. The zero-order valence-corrected chi connectivity index (χ0v) is 15.8. The van der Waals surface area contributed by atoms with Crippen LogP contribution in [0.15, 0.2) is 12.3 Å². The van der Waals surface area contributed by atoms with Crippen LogP contribution in [0.2, 0.25) is 0 Å². The van der Waals surface area contributed by atoms with Gasteiger partial charge in [-0.3, -0.25) is 9.59 Å². The van der Waals surface area contributed by atoms with Crippen molar-refractivity contribution in [2.24, 2.45) is 5.92 Å². The van der Waals surface area contributed by atoms with Gasteiger partial charge >= 0.3 is 0 Å². The summed E-state index contributed by atoms with van der Waals surface area (Å²) in [6, 6.07) is 1.31. The minimum Gasteiger partial charge on any atom is -0.357 e. The number of amides is 2. The van der Waals surface area contributed by atoms with Gasteiger partial charge in [0.25, 0.3) is 5.91 Å². The topological polar surface area (TPSA) is 88.9 Å². The first-order valence-electron chi connectivity index (χ1n) is 8.61. The van der Waals surface area contributed by atoms with Gasteiger partial charge in [0.05, 0.1) is 17.1 Å². The number of pyridine rings is 1. The highest BCUT2D eigenvalue weighted by Gasteiger charge is 2.24. The summed E-state index contributed by atoms with van der Waals surface area (Å²) in [5.74, 6) is -0.194. The molecule has 2 amide bonds. The number of nitrogens with one attached hydrogen (secondary N) is 2. The van der Waals surface area contributed by atoms with Crippen LogP contribution in [0.4, 0.5) is 0 Å². The molecular formula is C18H27N5O2. The molecule has 2 N–H and O–H groups in total. The highest BCUT2D eigenvalue weighted by atomic mass is 16.2. The number of likely N-dealkylation sites (N-methyl/N-ethyl adjacent to an activating group) is 1. The summed E-state index contributed by atoms with van der Waals surface area (Å²) in [6.45, 7) is 9.91. The Bertz CT molecular complexity index is 779. The molecule has 0 saturated carbocycles. The van der Waals surface area contributed by atoms with E-state index in [1.807, 2.05) is 34.6 Å². The van der Waals surface area contributed by atoms with E-state index in [4.69, 9.17) is 0 Å². The average Bonchev–Trinajstić information content (AvgIpc) is 2.95. The van der Waals surface area contributed by atoms with Gasteiger partial charge in [-0.2, -0.15) is 5.10 Å². The zero-order chi connectivity index (χ0) is 18.7. The number of nitrogens with zero attached hydrogens (tertiary/aromatic N) is 3. The molecule has 25 heavy (non-hydrogen) atoms. The van der Waals surface area contributed by atoms with E-state index in [1.54, 1.807) is 24.0 Å². The molecule has 7 nitrogen and oxygen atoms in total. The van der Waals surface area contributed by atoms with Crippen LogP contribution in [0.5, 0.6) is 0 Å². The van der Waals surface area contributed by atoms with Crippen LogP contribution in [0.25, 0.3) is 11.0 Å². The molecule has 7 heteroatoms. The zero-order valence-electron chi connectivity index (χ0n) is 15.8.